The van der Waals surface area contributed by atoms with Gasteiger partial charge < -0.3 is 18.9 Å². The van der Waals surface area contributed by atoms with E-state index in [4.69, 9.17) is 18.9 Å². The third-order valence-electron chi connectivity index (χ3n) is 8.87. The molecule has 0 aliphatic carbocycles. The second-order valence-corrected chi connectivity index (χ2v) is 13.4. The Morgan fingerprint density at radius 1 is 0.558 bits per heavy atom. The largest absolute Gasteiger partial charge is 0.491 e. The number of hydrogen-bond acceptors (Lipinski definition) is 7. The lowest BCUT2D eigenvalue weighted by atomic mass is 10.1. The molecular weight excluding hydrogens is 666 g/mol. The zero-order valence-corrected chi connectivity index (χ0v) is 31.2. The molecule has 0 amide bonds. The fourth-order valence-corrected chi connectivity index (χ4v) is 5.75. The minimum atomic E-state index is -0.869. The molecule has 0 heterocycles. The Morgan fingerprint density at radius 2 is 1.08 bits per heavy atom. The first-order chi connectivity index (χ1) is 25.2. The molecule has 0 aromatic heterocycles. The summed E-state index contributed by atoms with van der Waals surface area (Å²) in [6, 6.07) is 12.9. The van der Waals surface area contributed by atoms with E-state index in [2.05, 4.69) is 13.8 Å². The molecule has 0 radical (unpaired) electrons. The van der Waals surface area contributed by atoms with Gasteiger partial charge in [0.2, 0.25) is 0 Å². The van der Waals surface area contributed by atoms with Gasteiger partial charge in [-0.15, -0.1) is 0 Å². The second-order valence-electron chi connectivity index (χ2n) is 13.4. The Kier molecular flexibility index (Phi) is 19.5. The summed E-state index contributed by atoms with van der Waals surface area (Å²) >= 11 is 0. The van der Waals surface area contributed by atoms with Crippen LogP contribution in [-0.2, 0) is 4.74 Å². The molecule has 284 valence electrons. The summed E-state index contributed by atoms with van der Waals surface area (Å²) in [4.78, 5) is 37.8. The van der Waals surface area contributed by atoms with E-state index in [-0.39, 0.29) is 40.0 Å². The van der Waals surface area contributed by atoms with Gasteiger partial charge in [0.25, 0.3) is 0 Å². The molecule has 0 saturated heterocycles. The van der Waals surface area contributed by atoms with Gasteiger partial charge in [-0.1, -0.05) is 104 Å². The van der Waals surface area contributed by atoms with Gasteiger partial charge in [0.1, 0.15) is 17.3 Å². The summed E-state index contributed by atoms with van der Waals surface area (Å²) in [5.74, 6) is -3.74. The molecule has 7 nitrogen and oxygen atoms in total. The van der Waals surface area contributed by atoms with E-state index in [0.29, 0.717) is 13.0 Å². The van der Waals surface area contributed by atoms with Crippen molar-refractivity contribution in [2.24, 2.45) is 0 Å². The molecule has 1 atom stereocenters. The maximum atomic E-state index is 14.7. The van der Waals surface area contributed by atoms with Crippen LogP contribution in [-0.4, -0.2) is 30.6 Å². The molecule has 3 aromatic rings. The number of esters is 3. The third-order valence-corrected chi connectivity index (χ3v) is 8.87. The van der Waals surface area contributed by atoms with Gasteiger partial charge in [0.15, 0.2) is 11.6 Å². The number of rotatable bonds is 25. The maximum Gasteiger partial charge on any atom is 0.343 e. The predicted molar refractivity (Wildman–Crippen MR) is 199 cm³/mol. The van der Waals surface area contributed by atoms with Crippen LogP contribution < -0.4 is 14.2 Å². The van der Waals surface area contributed by atoms with Crippen LogP contribution in [0.1, 0.15) is 161 Å². The Labute approximate surface area is 308 Å². The summed E-state index contributed by atoms with van der Waals surface area (Å²) in [5.41, 5.74) is -0.126. The molecule has 0 bridgehead atoms. The first kappa shape index (κ1) is 42.1. The van der Waals surface area contributed by atoms with Crippen molar-refractivity contribution in [3.63, 3.8) is 0 Å². The van der Waals surface area contributed by atoms with Crippen molar-refractivity contribution < 1.29 is 42.1 Å². The van der Waals surface area contributed by atoms with E-state index in [0.717, 1.165) is 57.1 Å². The smallest absolute Gasteiger partial charge is 0.343 e. The van der Waals surface area contributed by atoms with E-state index < -0.39 is 29.5 Å². The number of carbonyl (C=O) groups is 3. The summed E-state index contributed by atoms with van der Waals surface area (Å²) in [7, 11) is 0. The molecule has 0 saturated carbocycles. The van der Waals surface area contributed by atoms with Crippen molar-refractivity contribution in [2.75, 3.05) is 6.61 Å². The highest BCUT2D eigenvalue weighted by Crippen LogP contribution is 2.23. The maximum absolute atomic E-state index is 14.7. The van der Waals surface area contributed by atoms with Gasteiger partial charge in [-0.25, -0.2) is 23.2 Å². The van der Waals surface area contributed by atoms with Crippen LogP contribution in [0.2, 0.25) is 0 Å². The summed E-state index contributed by atoms with van der Waals surface area (Å²) in [6.07, 6.45) is 19.3. The van der Waals surface area contributed by atoms with Crippen LogP contribution in [0, 0.1) is 11.6 Å². The predicted octanol–water partition coefficient (Wildman–Crippen LogP) is 12.0. The van der Waals surface area contributed by atoms with Crippen molar-refractivity contribution in [3.8, 4) is 17.2 Å². The molecule has 0 N–H and O–H groups in total. The normalized spacial score (nSPS) is 11.6. The van der Waals surface area contributed by atoms with Crippen LogP contribution in [0.15, 0.2) is 60.7 Å². The number of halogens is 2. The first-order valence-electron chi connectivity index (χ1n) is 19.2. The molecule has 9 heteroatoms. The summed E-state index contributed by atoms with van der Waals surface area (Å²) in [5, 5.41) is 0. The van der Waals surface area contributed by atoms with Crippen LogP contribution >= 0.6 is 0 Å². The number of hydrogen-bond donors (Lipinski definition) is 0. The molecular formula is C43H56F2O7. The fraction of sp³-hybridized carbons (Fsp3) is 0.512. The Hall–Kier alpha value is -4.27. The average Bonchev–Trinajstić information content (AvgIpc) is 3.12. The monoisotopic (exact) mass is 722 g/mol. The first-order valence-corrected chi connectivity index (χ1v) is 19.2. The minimum absolute atomic E-state index is 0.00878. The molecule has 0 fully saturated rings. The lowest BCUT2D eigenvalue weighted by Crippen LogP contribution is -2.16. The van der Waals surface area contributed by atoms with Crippen LogP contribution in [0.4, 0.5) is 8.78 Å². The van der Waals surface area contributed by atoms with Gasteiger partial charge in [0.05, 0.1) is 29.4 Å². The second kappa shape index (κ2) is 24.1. The SMILES string of the molecule is CCCCCCCCCCCCCCOc1ccc(C(=O)Oc2ccc(C(=O)Oc3ccc(C(=O)OC(C)CCCCCC)c(F)c3)cc2)cc1F. The quantitative estimate of drug-likeness (QED) is 0.0488. The van der Waals surface area contributed by atoms with Gasteiger partial charge in [-0.3, -0.25) is 0 Å². The van der Waals surface area contributed by atoms with Crippen LogP contribution in [0.25, 0.3) is 0 Å². The molecule has 3 rings (SSSR count). The van der Waals surface area contributed by atoms with Gasteiger partial charge in [-0.2, -0.15) is 0 Å². The summed E-state index contributed by atoms with van der Waals surface area (Å²) < 4.78 is 51.0. The van der Waals surface area contributed by atoms with Gasteiger partial charge in [0, 0.05) is 6.07 Å². The Morgan fingerprint density at radius 3 is 1.67 bits per heavy atom. The van der Waals surface area contributed by atoms with E-state index in [1.807, 2.05) is 0 Å². The standard InChI is InChI=1S/C43H56F2O7/c1-4-6-8-10-11-12-13-14-15-16-17-19-29-49-40-28-23-34(30-39(40)45)42(47)51-35-24-21-33(22-25-35)41(46)52-36-26-27-37(38(44)31-36)43(48)50-32(3)20-18-9-7-5-2/h21-28,30-32H,4-20,29H2,1-3H3. The Balaban J connectivity index is 1.38. The molecule has 52 heavy (non-hydrogen) atoms. The lowest BCUT2D eigenvalue weighted by molar-refractivity contribution is 0.0314. The van der Waals surface area contributed by atoms with Crippen molar-refractivity contribution in [3.05, 3.63) is 89.0 Å². The van der Waals surface area contributed by atoms with E-state index >= 15 is 0 Å². The van der Waals surface area contributed by atoms with E-state index in [1.165, 1.54) is 106 Å². The highest BCUT2D eigenvalue weighted by atomic mass is 19.1. The topological polar surface area (TPSA) is 88.1 Å². The molecule has 1 unspecified atom stereocenters. The van der Waals surface area contributed by atoms with Gasteiger partial charge in [-0.05, 0) is 80.8 Å². The van der Waals surface area contributed by atoms with Crippen molar-refractivity contribution >= 4 is 17.9 Å². The number of ether oxygens (including phenoxy) is 4. The third kappa shape index (κ3) is 15.5. The number of unbranched alkanes of at least 4 members (excludes halogenated alkanes) is 14. The highest BCUT2D eigenvalue weighted by Gasteiger charge is 2.19. The van der Waals surface area contributed by atoms with E-state index in [1.54, 1.807) is 6.92 Å². The Bertz CT molecular complexity index is 1520. The van der Waals surface area contributed by atoms with Crippen LogP contribution in [0.3, 0.4) is 0 Å². The van der Waals surface area contributed by atoms with E-state index in [9.17, 15) is 23.2 Å². The van der Waals surface area contributed by atoms with Crippen molar-refractivity contribution in [1.29, 1.82) is 0 Å². The van der Waals surface area contributed by atoms with Crippen molar-refractivity contribution in [1.82, 2.24) is 0 Å². The minimum Gasteiger partial charge on any atom is -0.491 e. The lowest BCUT2D eigenvalue weighted by Gasteiger charge is -2.14. The number of carbonyl (C=O) groups excluding carboxylic acids is 3. The highest BCUT2D eigenvalue weighted by molar-refractivity contribution is 5.93. The zero-order chi connectivity index (χ0) is 37.6. The van der Waals surface area contributed by atoms with Gasteiger partial charge >= 0.3 is 17.9 Å². The summed E-state index contributed by atoms with van der Waals surface area (Å²) in [6.45, 7) is 6.53. The fourth-order valence-electron chi connectivity index (χ4n) is 5.75. The average molecular weight is 723 g/mol. The number of benzene rings is 3. The molecule has 0 aliphatic rings. The molecule has 3 aromatic carbocycles. The zero-order valence-electron chi connectivity index (χ0n) is 31.2. The molecule has 0 spiro atoms. The molecule has 0 aliphatic heterocycles. The van der Waals surface area contributed by atoms with Crippen LogP contribution in [0.5, 0.6) is 17.2 Å². The van der Waals surface area contributed by atoms with Crippen molar-refractivity contribution in [2.45, 2.75) is 136 Å².